The number of carbonyl (C=O) groups excluding carboxylic acids is 1. The second-order valence-corrected chi connectivity index (χ2v) is 9.59. The van der Waals surface area contributed by atoms with Gasteiger partial charge >= 0.3 is 0 Å². The van der Waals surface area contributed by atoms with Gasteiger partial charge in [0.05, 0.1) is 18.8 Å². The van der Waals surface area contributed by atoms with E-state index in [4.69, 9.17) is 31.2 Å². The number of benzene rings is 2. The van der Waals surface area contributed by atoms with Crippen LogP contribution in [0, 0.1) is 6.92 Å². The second-order valence-electron chi connectivity index (χ2n) is 9.19. The third-order valence-corrected chi connectivity index (χ3v) is 6.94. The Hall–Kier alpha value is -4.37. The van der Waals surface area contributed by atoms with Crippen molar-refractivity contribution >= 4 is 29.1 Å². The molecule has 38 heavy (non-hydrogen) atoms. The molecule has 0 spiro atoms. The molecule has 4 aromatic rings. The first-order valence-electron chi connectivity index (χ1n) is 12.3. The molecule has 1 amide bonds. The number of amides is 1. The molecule has 0 radical (unpaired) electrons. The van der Waals surface area contributed by atoms with Crippen molar-refractivity contribution in [1.29, 1.82) is 0 Å². The van der Waals surface area contributed by atoms with Crippen molar-refractivity contribution in [3.8, 4) is 22.9 Å². The van der Waals surface area contributed by atoms with Crippen LogP contribution in [0.5, 0.6) is 11.5 Å². The standard InChI is InChI=1S/C28H25ClN6O3/c1-16-6-8-20(14-21(16)29)32-27(36)24-17(2)31-28-33-26(19-5-3-10-30-15-19)34-35(28)25(24)18-7-9-22-23(13-18)38-12-4-11-37-22/h3,5-10,13-15,25H,4,11-12H2,1-2H3,(H,32,36)(H,31,33,34). The number of fused-ring (bicyclic) bond motifs is 2. The lowest BCUT2D eigenvalue weighted by atomic mass is 9.94. The van der Waals surface area contributed by atoms with Gasteiger partial charge in [0.25, 0.3) is 5.91 Å². The smallest absolute Gasteiger partial charge is 0.255 e. The SMILES string of the molecule is CC1=C(C(=O)Nc2ccc(C)c(Cl)c2)C(c2ccc3c(c2)OCCCO3)n2nc(-c3cccnc3)nc2N1. The molecule has 2 aliphatic heterocycles. The normalized spacial score (nSPS) is 16.3. The molecule has 0 saturated heterocycles. The number of nitrogens with zero attached hydrogens (tertiary/aromatic N) is 4. The van der Waals surface area contributed by atoms with Gasteiger partial charge in [-0.3, -0.25) is 9.78 Å². The lowest BCUT2D eigenvalue weighted by molar-refractivity contribution is -0.113. The average molecular weight is 529 g/mol. The summed E-state index contributed by atoms with van der Waals surface area (Å²) in [7, 11) is 0. The average Bonchev–Trinajstić information content (AvgIpc) is 3.19. The zero-order valence-corrected chi connectivity index (χ0v) is 21.6. The van der Waals surface area contributed by atoms with Gasteiger partial charge in [-0.15, -0.1) is 5.10 Å². The predicted molar refractivity (Wildman–Crippen MR) is 145 cm³/mol. The second kappa shape index (κ2) is 9.83. The van der Waals surface area contributed by atoms with E-state index in [1.54, 1.807) is 23.1 Å². The minimum atomic E-state index is -0.581. The van der Waals surface area contributed by atoms with Crippen LogP contribution in [0.1, 0.15) is 30.5 Å². The van der Waals surface area contributed by atoms with Gasteiger partial charge in [0.15, 0.2) is 17.3 Å². The first kappa shape index (κ1) is 24.0. The minimum absolute atomic E-state index is 0.281. The third-order valence-electron chi connectivity index (χ3n) is 6.53. The number of anilines is 2. The van der Waals surface area contributed by atoms with Crippen LogP contribution in [0.3, 0.4) is 0 Å². The van der Waals surface area contributed by atoms with E-state index in [2.05, 4.69) is 15.6 Å². The van der Waals surface area contributed by atoms with Crippen molar-refractivity contribution in [2.24, 2.45) is 0 Å². The molecular weight excluding hydrogens is 504 g/mol. The maximum atomic E-state index is 13.8. The van der Waals surface area contributed by atoms with Gasteiger partial charge in [-0.05, 0) is 61.4 Å². The van der Waals surface area contributed by atoms with E-state index in [1.807, 2.05) is 56.3 Å². The van der Waals surface area contributed by atoms with Crippen LogP contribution in [-0.4, -0.2) is 38.9 Å². The number of ether oxygens (including phenoxy) is 2. The van der Waals surface area contributed by atoms with Crippen molar-refractivity contribution in [3.05, 3.63) is 88.3 Å². The Labute approximate surface area is 224 Å². The van der Waals surface area contributed by atoms with E-state index in [-0.39, 0.29) is 5.91 Å². The van der Waals surface area contributed by atoms with E-state index < -0.39 is 6.04 Å². The summed E-state index contributed by atoms with van der Waals surface area (Å²) in [6.45, 7) is 4.92. The van der Waals surface area contributed by atoms with Crippen LogP contribution < -0.4 is 20.1 Å². The molecule has 9 nitrogen and oxygen atoms in total. The molecule has 0 saturated carbocycles. The summed E-state index contributed by atoms with van der Waals surface area (Å²) in [5.74, 6) is 2.05. The summed E-state index contributed by atoms with van der Waals surface area (Å²) in [5.41, 5.74) is 4.27. The van der Waals surface area contributed by atoms with E-state index >= 15 is 0 Å². The zero-order chi connectivity index (χ0) is 26.2. The Balaban J connectivity index is 1.45. The lowest BCUT2D eigenvalue weighted by Gasteiger charge is -2.29. The number of aryl methyl sites for hydroxylation is 1. The molecular formula is C28H25ClN6O3. The molecule has 10 heteroatoms. The van der Waals surface area contributed by atoms with Gasteiger partial charge in [-0.25, -0.2) is 4.68 Å². The molecule has 192 valence electrons. The molecule has 0 bridgehead atoms. The molecule has 2 N–H and O–H groups in total. The van der Waals surface area contributed by atoms with Crippen molar-refractivity contribution in [3.63, 3.8) is 0 Å². The summed E-state index contributed by atoms with van der Waals surface area (Å²) in [6, 6.07) is 14.3. The number of rotatable bonds is 4. The number of hydrogen-bond acceptors (Lipinski definition) is 7. The highest BCUT2D eigenvalue weighted by Crippen LogP contribution is 2.40. The molecule has 2 aliphatic rings. The molecule has 0 fully saturated rings. The number of carbonyl (C=O) groups is 1. The van der Waals surface area contributed by atoms with Gasteiger partial charge in [0.1, 0.15) is 6.04 Å². The number of halogens is 1. The van der Waals surface area contributed by atoms with Crippen LogP contribution in [-0.2, 0) is 4.79 Å². The summed E-state index contributed by atoms with van der Waals surface area (Å²) >= 11 is 6.32. The number of allylic oxidation sites excluding steroid dienone is 1. The summed E-state index contributed by atoms with van der Waals surface area (Å²) in [4.78, 5) is 22.7. The highest BCUT2D eigenvalue weighted by Gasteiger charge is 2.35. The number of aromatic nitrogens is 4. The highest BCUT2D eigenvalue weighted by molar-refractivity contribution is 6.31. The molecule has 1 atom stereocenters. The van der Waals surface area contributed by atoms with Gasteiger partial charge in [-0.2, -0.15) is 4.98 Å². The van der Waals surface area contributed by atoms with Crippen molar-refractivity contribution in [2.45, 2.75) is 26.3 Å². The fraction of sp³-hybridized carbons (Fsp3) is 0.214. The molecule has 6 rings (SSSR count). The minimum Gasteiger partial charge on any atom is -0.490 e. The topological polar surface area (TPSA) is 103 Å². The fourth-order valence-electron chi connectivity index (χ4n) is 4.59. The number of pyridine rings is 1. The monoisotopic (exact) mass is 528 g/mol. The molecule has 0 aliphatic carbocycles. The lowest BCUT2D eigenvalue weighted by Crippen LogP contribution is -2.31. The predicted octanol–water partition coefficient (Wildman–Crippen LogP) is 5.39. The molecule has 1 unspecified atom stereocenters. The Morgan fingerprint density at radius 1 is 1.11 bits per heavy atom. The largest absolute Gasteiger partial charge is 0.490 e. The maximum absolute atomic E-state index is 13.8. The fourth-order valence-corrected chi connectivity index (χ4v) is 4.77. The van der Waals surface area contributed by atoms with Gasteiger partial charge in [0, 0.05) is 40.8 Å². The summed E-state index contributed by atoms with van der Waals surface area (Å²) in [6.07, 6.45) is 4.20. The van der Waals surface area contributed by atoms with Crippen molar-refractivity contribution in [2.75, 3.05) is 23.8 Å². The third kappa shape index (κ3) is 4.45. The summed E-state index contributed by atoms with van der Waals surface area (Å²) < 4.78 is 13.5. The van der Waals surface area contributed by atoms with Crippen LogP contribution >= 0.6 is 11.6 Å². The van der Waals surface area contributed by atoms with Crippen LogP contribution in [0.25, 0.3) is 11.4 Å². The molecule has 4 heterocycles. The first-order chi connectivity index (χ1) is 18.5. The van der Waals surface area contributed by atoms with Crippen molar-refractivity contribution in [1.82, 2.24) is 19.7 Å². The van der Waals surface area contributed by atoms with Crippen LogP contribution in [0.4, 0.5) is 11.6 Å². The zero-order valence-electron chi connectivity index (χ0n) is 20.9. The number of hydrogen-bond donors (Lipinski definition) is 2. The van der Waals surface area contributed by atoms with Crippen molar-refractivity contribution < 1.29 is 14.3 Å². The van der Waals surface area contributed by atoms with E-state index in [9.17, 15) is 4.79 Å². The Kier molecular flexibility index (Phi) is 6.21. The van der Waals surface area contributed by atoms with Crippen LogP contribution in [0.15, 0.2) is 72.2 Å². The Morgan fingerprint density at radius 3 is 2.74 bits per heavy atom. The first-order valence-corrected chi connectivity index (χ1v) is 12.7. The number of nitrogens with one attached hydrogen (secondary N) is 2. The Bertz CT molecular complexity index is 1570. The van der Waals surface area contributed by atoms with Gasteiger partial charge in [0.2, 0.25) is 5.95 Å². The molecule has 2 aromatic carbocycles. The van der Waals surface area contributed by atoms with E-state index in [1.165, 1.54) is 0 Å². The quantitative estimate of drug-likeness (QED) is 0.366. The van der Waals surface area contributed by atoms with E-state index in [0.717, 1.165) is 23.1 Å². The molecule has 2 aromatic heterocycles. The highest BCUT2D eigenvalue weighted by atomic mass is 35.5. The van der Waals surface area contributed by atoms with E-state index in [0.29, 0.717) is 58.5 Å². The Morgan fingerprint density at radius 2 is 1.95 bits per heavy atom. The van der Waals surface area contributed by atoms with Gasteiger partial charge < -0.3 is 20.1 Å². The summed E-state index contributed by atoms with van der Waals surface area (Å²) in [5, 5.41) is 11.7. The maximum Gasteiger partial charge on any atom is 0.255 e. The van der Waals surface area contributed by atoms with Gasteiger partial charge in [-0.1, -0.05) is 23.7 Å². The van der Waals surface area contributed by atoms with Crippen LogP contribution in [0.2, 0.25) is 5.02 Å².